The Labute approximate surface area is 155 Å². The summed E-state index contributed by atoms with van der Waals surface area (Å²) in [4.78, 5) is 11.8. The van der Waals surface area contributed by atoms with Gasteiger partial charge in [0.05, 0.1) is 17.1 Å². The first-order valence-corrected chi connectivity index (χ1v) is 9.74. The lowest BCUT2D eigenvalue weighted by atomic mass is 10.1. The zero-order chi connectivity index (χ0) is 19.3. The molecule has 0 radical (unpaired) electrons. The van der Waals surface area contributed by atoms with Crippen molar-refractivity contribution in [2.24, 2.45) is 0 Å². The van der Waals surface area contributed by atoms with Crippen molar-refractivity contribution in [3.8, 4) is 11.3 Å². The zero-order valence-corrected chi connectivity index (χ0v) is 15.0. The van der Waals surface area contributed by atoms with Gasteiger partial charge in [0.25, 0.3) is 0 Å². The van der Waals surface area contributed by atoms with Crippen LogP contribution in [0.4, 0.5) is 4.39 Å². The quantitative estimate of drug-likeness (QED) is 0.455. The molecule has 0 aliphatic heterocycles. The number of hydrogen-bond donors (Lipinski definition) is 0. The maximum absolute atomic E-state index is 12.9. The molecule has 1 heterocycles. The molecule has 0 unspecified atom stereocenters. The summed E-state index contributed by atoms with van der Waals surface area (Å²) in [6, 6.07) is 15.4. The highest BCUT2D eigenvalue weighted by Gasteiger charge is 2.18. The Kier molecular flexibility index (Phi) is 5.66. The van der Waals surface area contributed by atoms with Crippen LogP contribution in [0.25, 0.3) is 11.3 Å². The second kappa shape index (κ2) is 8.13. The number of ether oxygens (including phenoxy) is 1. The summed E-state index contributed by atoms with van der Waals surface area (Å²) in [7, 11) is -3.69. The number of nitrogens with zero attached hydrogens (tertiary/aromatic N) is 1. The molecule has 0 atom stereocenters. The van der Waals surface area contributed by atoms with Crippen LogP contribution in [0.1, 0.15) is 12.2 Å². The van der Waals surface area contributed by atoms with Crippen LogP contribution in [-0.4, -0.2) is 25.3 Å². The molecule has 0 saturated heterocycles. The summed E-state index contributed by atoms with van der Waals surface area (Å²) in [6.07, 6.45) is -0.320. The van der Waals surface area contributed by atoms with Gasteiger partial charge in [-0.2, -0.15) is 0 Å². The smallest absolute Gasteiger partial charge is 0.307 e. The molecule has 0 spiro atoms. The molecule has 1 aromatic heterocycles. The molecule has 3 rings (SSSR count). The predicted molar refractivity (Wildman–Crippen MR) is 94.8 cm³/mol. The first-order chi connectivity index (χ1) is 12.9. The summed E-state index contributed by atoms with van der Waals surface area (Å²) in [5, 5.41) is 3.90. The molecule has 8 heteroatoms. The van der Waals surface area contributed by atoms with Crippen molar-refractivity contribution >= 4 is 15.8 Å². The van der Waals surface area contributed by atoms with Gasteiger partial charge in [-0.1, -0.05) is 35.5 Å². The first-order valence-electron chi connectivity index (χ1n) is 8.09. The van der Waals surface area contributed by atoms with Crippen molar-refractivity contribution < 1.29 is 26.9 Å². The molecule has 0 aliphatic carbocycles. The zero-order valence-electron chi connectivity index (χ0n) is 14.2. The van der Waals surface area contributed by atoms with E-state index in [1.807, 2.05) is 30.3 Å². The average Bonchev–Trinajstić information content (AvgIpc) is 3.15. The minimum atomic E-state index is -3.69. The van der Waals surface area contributed by atoms with E-state index in [1.54, 1.807) is 6.07 Å². The molecule has 0 bridgehead atoms. The van der Waals surface area contributed by atoms with E-state index in [-0.39, 0.29) is 17.9 Å². The maximum atomic E-state index is 12.9. The van der Waals surface area contributed by atoms with Gasteiger partial charge in [-0.15, -0.1) is 0 Å². The summed E-state index contributed by atoms with van der Waals surface area (Å²) in [5.74, 6) is -1.29. The minimum Gasteiger partial charge on any atom is -0.457 e. The number of benzene rings is 2. The van der Waals surface area contributed by atoms with Gasteiger partial charge in [0, 0.05) is 11.6 Å². The summed E-state index contributed by atoms with van der Waals surface area (Å²) >= 11 is 0. The van der Waals surface area contributed by atoms with Crippen molar-refractivity contribution in [1.29, 1.82) is 0 Å². The fourth-order valence-electron chi connectivity index (χ4n) is 2.33. The molecular formula is C19H16FNO5S. The van der Waals surface area contributed by atoms with Crippen LogP contribution < -0.4 is 0 Å². The molecule has 2 aromatic carbocycles. The first kappa shape index (κ1) is 18.8. The maximum Gasteiger partial charge on any atom is 0.307 e. The van der Waals surface area contributed by atoms with Gasteiger partial charge in [-0.25, -0.2) is 12.8 Å². The number of halogens is 1. The van der Waals surface area contributed by atoms with Gasteiger partial charge >= 0.3 is 5.97 Å². The van der Waals surface area contributed by atoms with E-state index in [0.29, 0.717) is 11.5 Å². The van der Waals surface area contributed by atoms with Crippen LogP contribution in [0, 0.1) is 5.82 Å². The molecule has 0 amide bonds. The van der Waals surface area contributed by atoms with E-state index in [1.165, 1.54) is 0 Å². The van der Waals surface area contributed by atoms with Gasteiger partial charge in [-0.05, 0) is 24.3 Å². The van der Waals surface area contributed by atoms with Gasteiger partial charge in [0.1, 0.15) is 11.5 Å². The Morgan fingerprint density at radius 2 is 1.78 bits per heavy atom. The summed E-state index contributed by atoms with van der Waals surface area (Å²) in [5.41, 5.74) is 1.48. The minimum absolute atomic E-state index is 0.0422. The lowest BCUT2D eigenvalue weighted by Crippen LogP contribution is -2.13. The fourth-order valence-corrected chi connectivity index (χ4v) is 3.55. The van der Waals surface area contributed by atoms with E-state index >= 15 is 0 Å². The number of sulfone groups is 1. The third-order valence-electron chi connectivity index (χ3n) is 3.75. The molecule has 6 nitrogen and oxygen atoms in total. The second-order valence-corrected chi connectivity index (χ2v) is 7.84. The standard InChI is InChI=1S/C19H16FNO5S/c20-15-6-8-17(9-7-15)27(23,24)11-10-19(22)25-13-16-12-18(21-26-16)14-4-2-1-3-5-14/h1-9,12H,10-11,13H2. The fraction of sp³-hybridized carbons (Fsp3) is 0.158. The Morgan fingerprint density at radius 1 is 1.07 bits per heavy atom. The van der Waals surface area contributed by atoms with Crippen LogP contribution in [0.5, 0.6) is 0 Å². The van der Waals surface area contributed by atoms with Crippen LogP contribution >= 0.6 is 0 Å². The normalized spacial score (nSPS) is 11.3. The van der Waals surface area contributed by atoms with Crippen LogP contribution in [0.2, 0.25) is 0 Å². The van der Waals surface area contributed by atoms with Crippen LogP contribution in [0.3, 0.4) is 0 Å². The van der Waals surface area contributed by atoms with Crippen molar-refractivity contribution in [3.63, 3.8) is 0 Å². The van der Waals surface area contributed by atoms with Gasteiger partial charge in [0.15, 0.2) is 22.2 Å². The van der Waals surface area contributed by atoms with Gasteiger partial charge < -0.3 is 9.26 Å². The third-order valence-corrected chi connectivity index (χ3v) is 5.48. The second-order valence-electron chi connectivity index (χ2n) is 5.73. The predicted octanol–water partition coefficient (Wildman–Crippen LogP) is 3.39. The Balaban J connectivity index is 1.51. The molecule has 0 saturated carbocycles. The van der Waals surface area contributed by atoms with E-state index in [4.69, 9.17) is 9.26 Å². The third kappa shape index (κ3) is 5.01. The van der Waals surface area contributed by atoms with Crippen molar-refractivity contribution in [1.82, 2.24) is 5.16 Å². The SMILES string of the molecule is O=C(CCS(=O)(=O)c1ccc(F)cc1)OCc1cc(-c2ccccc2)no1. The number of carbonyl (C=O) groups excluding carboxylic acids is 1. The van der Waals surface area contributed by atoms with Crippen LogP contribution in [-0.2, 0) is 26.0 Å². The monoisotopic (exact) mass is 389 g/mol. The van der Waals surface area contributed by atoms with E-state index in [0.717, 1.165) is 29.8 Å². The Bertz CT molecular complexity index is 1010. The van der Waals surface area contributed by atoms with E-state index < -0.39 is 27.4 Å². The van der Waals surface area contributed by atoms with Crippen molar-refractivity contribution in [2.45, 2.75) is 17.9 Å². The Morgan fingerprint density at radius 3 is 2.48 bits per heavy atom. The summed E-state index contributed by atoms with van der Waals surface area (Å²) < 4.78 is 47.3. The molecule has 0 aliphatic rings. The number of esters is 1. The number of rotatable bonds is 7. The molecular weight excluding hydrogens is 373 g/mol. The largest absolute Gasteiger partial charge is 0.457 e. The Hall–Kier alpha value is -3.00. The average molecular weight is 389 g/mol. The highest BCUT2D eigenvalue weighted by molar-refractivity contribution is 7.91. The molecule has 140 valence electrons. The molecule has 27 heavy (non-hydrogen) atoms. The van der Waals surface area contributed by atoms with E-state index in [9.17, 15) is 17.6 Å². The summed E-state index contributed by atoms with van der Waals surface area (Å²) in [6.45, 7) is -0.144. The number of carbonyl (C=O) groups is 1. The molecule has 0 N–H and O–H groups in total. The van der Waals surface area contributed by atoms with E-state index in [2.05, 4.69) is 5.16 Å². The van der Waals surface area contributed by atoms with Crippen molar-refractivity contribution in [2.75, 3.05) is 5.75 Å². The molecule has 3 aromatic rings. The highest BCUT2D eigenvalue weighted by atomic mass is 32.2. The highest BCUT2D eigenvalue weighted by Crippen LogP contribution is 2.19. The topological polar surface area (TPSA) is 86.5 Å². The van der Waals surface area contributed by atoms with Gasteiger partial charge in [0.2, 0.25) is 0 Å². The number of aromatic nitrogens is 1. The lowest BCUT2D eigenvalue weighted by molar-refractivity contribution is -0.145. The lowest BCUT2D eigenvalue weighted by Gasteiger charge is -2.05. The van der Waals surface area contributed by atoms with Crippen LogP contribution in [0.15, 0.2) is 70.1 Å². The molecule has 0 fully saturated rings. The van der Waals surface area contributed by atoms with Crippen molar-refractivity contribution in [3.05, 3.63) is 72.2 Å². The van der Waals surface area contributed by atoms with Gasteiger partial charge in [-0.3, -0.25) is 4.79 Å². The number of hydrogen-bond acceptors (Lipinski definition) is 6.